The quantitative estimate of drug-likeness (QED) is 0.692. The highest BCUT2D eigenvalue weighted by Crippen LogP contribution is 2.31. The third-order valence-corrected chi connectivity index (χ3v) is 5.06. The Labute approximate surface area is 156 Å². The van der Waals surface area contributed by atoms with Gasteiger partial charge in [-0.1, -0.05) is 11.6 Å². The lowest BCUT2D eigenvalue weighted by Gasteiger charge is -2.35. The highest BCUT2D eigenvalue weighted by Gasteiger charge is 2.21. The van der Waals surface area contributed by atoms with Crippen molar-refractivity contribution in [3.8, 4) is 11.4 Å². The van der Waals surface area contributed by atoms with Crippen molar-refractivity contribution in [3.63, 3.8) is 0 Å². The number of fused-ring (bicyclic) bond motifs is 1. The van der Waals surface area contributed by atoms with Crippen molar-refractivity contribution in [1.29, 1.82) is 0 Å². The number of aryl methyl sites for hydroxylation is 1. The molecule has 0 radical (unpaired) electrons. The molecule has 1 aliphatic rings. The van der Waals surface area contributed by atoms with Gasteiger partial charge in [0, 0.05) is 58.1 Å². The first-order valence-corrected chi connectivity index (χ1v) is 8.86. The Morgan fingerprint density at radius 2 is 1.96 bits per heavy atom. The normalized spacial score (nSPS) is 14.9. The first-order chi connectivity index (χ1) is 12.5. The molecule has 0 aliphatic carbocycles. The van der Waals surface area contributed by atoms with Crippen LogP contribution in [-0.2, 0) is 11.8 Å². The minimum absolute atomic E-state index is 0.113. The second-order valence-electron chi connectivity index (χ2n) is 6.36. The van der Waals surface area contributed by atoms with Crippen LogP contribution in [0.2, 0.25) is 5.02 Å². The first kappa shape index (κ1) is 16.8. The van der Waals surface area contributed by atoms with Gasteiger partial charge in [-0.15, -0.1) is 0 Å². The van der Waals surface area contributed by atoms with E-state index in [2.05, 4.69) is 19.9 Å². The van der Waals surface area contributed by atoms with Gasteiger partial charge in [-0.05, 0) is 18.2 Å². The fourth-order valence-electron chi connectivity index (χ4n) is 3.29. The molecule has 0 bridgehead atoms. The maximum absolute atomic E-state index is 11.5. The van der Waals surface area contributed by atoms with Crippen molar-refractivity contribution in [2.24, 2.45) is 7.05 Å². The van der Waals surface area contributed by atoms with E-state index >= 15 is 0 Å². The van der Waals surface area contributed by atoms with Crippen molar-refractivity contribution in [2.45, 2.75) is 6.92 Å². The van der Waals surface area contributed by atoms with Crippen LogP contribution >= 0.6 is 11.6 Å². The number of rotatable bonds is 2. The van der Waals surface area contributed by atoms with Gasteiger partial charge in [0.25, 0.3) is 0 Å². The predicted octanol–water partition coefficient (Wildman–Crippen LogP) is 2.35. The van der Waals surface area contributed by atoms with E-state index in [4.69, 9.17) is 11.6 Å². The number of hydrogen-bond donors (Lipinski definition) is 0. The van der Waals surface area contributed by atoms with Crippen LogP contribution in [0.15, 0.2) is 30.6 Å². The maximum atomic E-state index is 11.5. The van der Waals surface area contributed by atoms with E-state index in [1.165, 1.54) is 0 Å². The summed E-state index contributed by atoms with van der Waals surface area (Å²) in [5.74, 6) is 1.71. The van der Waals surface area contributed by atoms with Gasteiger partial charge in [-0.3, -0.25) is 4.79 Å². The van der Waals surface area contributed by atoms with Gasteiger partial charge < -0.3 is 14.4 Å². The Morgan fingerprint density at radius 1 is 1.19 bits per heavy atom. The summed E-state index contributed by atoms with van der Waals surface area (Å²) in [5, 5.41) is 0.550. The van der Waals surface area contributed by atoms with E-state index in [1.807, 2.05) is 34.7 Å². The number of anilines is 1. The molecule has 0 atom stereocenters. The van der Waals surface area contributed by atoms with Crippen LogP contribution in [0.5, 0.6) is 0 Å². The zero-order valence-corrected chi connectivity index (χ0v) is 15.4. The molecule has 1 aliphatic heterocycles. The van der Waals surface area contributed by atoms with Gasteiger partial charge in [0.1, 0.15) is 17.2 Å². The molecule has 0 aromatic carbocycles. The van der Waals surface area contributed by atoms with Crippen molar-refractivity contribution in [2.75, 3.05) is 31.1 Å². The van der Waals surface area contributed by atoms with Gasteiger partial charge in [0.05, 0.1) is 5.02 Å². The van der Waals surface area contributed by atoms with E-state index in [0.29, 0.717) is 18.1 Å². The molecule has 7 nitrogen and oxygen atoms in total. The molecule has 0 unspecified atom stereocenters. The van der Waals surface area contributed by atoms with Crippen LogP contribution in [0.25, 0.3) is 22.6 Å². The molecule has 0 N–H and O–H groups in total. The SMILES string of the molecule is CC(=O)N1CCN(c2cc(-c3nc4cccnc4n3C)c(Cl)cn2)CC1. The molecule has 134 valence electrons. The number of imidazole rings is 1. The minimum Gasteiger partial charge on any atom is -0.353 e. The van der Waals surface area contributed by atoms with Crippen molar-refractivity contribution in [1.82, 2.24) is 24.4 Å². The number of carbonyl (C=O) groups excluding carboxylic acids is 1. The summed E-state index contributed by atoms with van der Waals surface area (Å²) in [7, 11) is 1.93. The van der Waals surface area contributed by atoms with E-state index in [0.717, 1.165) is 41.5 Å². The lowest BCUT2D eigenvalue weighted by Crippen LogP contribution is -2.48. The van der Waals surface area contributed by atoms with Gasteiger partial charge in [-0.2, -0.15) is 0 Å². The summed E-state index contributed by atoms with van der Waals surface area (Å²) in [6.45, 7) is 4.50. The monoisotopic (exact) mass is 370 g/mol. The highest BCUT2D eigenvalue weighted by molar-refractivity contribution is 6.33. The lowest BCUT2D eigenvalue weighted by molar-refractivity contribution is -0.129. The number of aromatic nitrogens is 4. The third kappa shape index (κ3) is 2.88. The van der Waals surface area contributed by atoms with E-state index in [1.54, 1.807) is 19.3 Å². The number of halogens is 1. The Hall–Kier alpha value is -2.67. The summed E-state index contributed by atoms with van der Waals surface area (Å²) >= 11 is 6.43. The molecule has 1 saturated heterocycles. The van der Waals surface area contributed by atoms with Gasteiger partial charge >= 0.3 is 0 Å². The number of nitrogens with zero attached hydrogens (tertiary/aromatic N) is 6. The first-order valence-electron chi connectivity index (χ1n) is 8.48. The fourth-order valence-corrected chi connectivity index (χ4v) is 3.47. The standard InChI is InChI=1S/C18H19ClN6O/c1-12(26)24-6-8-25(9-7-24)16-10-13(14(19)11-21-16)17-22-15-4-3-5-20-18(15)23(17)2/h3-5,10-11H,6-9H2,1-2H3. The molecule has 26 heavy (non-hydrogen) atoms. The van der Waals surface area contributed by atoms with Crippen molar-refractivity contribution >= 4 is 34.5 Å². The van der Waals surface area contributed by atoms with Gasteiger partial charge in [-0.25, -0.2) is 15.0 Å². The van der Waals surface area contributed by atoms with Crippen molar-refractivity contribution in [3.05, 3.63) is 35.6 Å². The van der Waals surface area contributed by atoms with E-state index in [9.17, 15) is 4.79 Å². The smallest absolute Gasteiger partial charge is 0.219 e. The largest absolute Gasteiger partial charge is 0.353 e. The summed E-state index contributed by atoms with van der Waals surface area (Å²) in [5.41, 5.74) is 2.47. The van der Waals surface area contributed by atoms with Crippen LogP contribution in [0, 0.1) is 0 Å². The van der Waals surface area contributed by atoms with Crippen LogP contribution in [0.1, 0.15) is 6.92 Å². The Morgan fingerprint density at radius 3 is 2.65 bits per heavy atom. The Kier molecular flexibility index (Phi) is 4.24. The second kappa shape index (κ2) is 6.57. The molecule has 1 fully saturated rings. The number of hydrogen-bond acceptors (Lipinski definition) is 5. The second-order valence-corrected chi connectivity index (χ2v) is 6.76. The Bertz CT molecular complexity index is 977. The summed E-state index contributed by atoms with van der Waals surface area (Å²) in [6, 6.07) is 5.77. The average Bonchev–Trinajstić information content (AvgIpc) is 2.99. The number of amides is 1. The molecule has 4 heterocycles. The minimum atomic E-state index is 0.113. The van der Waals surface area contributed by atoms with Crippen LogP contribution in [0.4, 0.5) is 5.82 Å². The number of carbonyl (C=O) groups is 1. The van der Waals surface area contributed by atoms with E-state index < -0.39 is 0 Å². The Balaban J connectivity index is 1.69. The lowest BCUT2D eigenvalue weighted by atomic mass is 10.2. The molecule has 0 saturated carbocycles. The summed E-state index contributed by atoms with van der Waals surface area (Å²) in [4.78, 5) is 29.1. The molecule has 0 spiro atoms. The average molecular weight is 371 g/mol. The fraction of sp³-hybridized carbons (Fsp3) is 0.333. The molecular formula is C18H19ClN6O. The summed E-state index contributed by atoms with van der Waals surface area (Å²) < 4.78 is 1.94. The maximum Gasteiger partial charge on any atom is 0.219 e. The molecule has 8 heteroatoms. The highest BCUT2D eigenvalue weighted by atomic mass is 35.5. The number of piperazine rings is 1. The third-order valence-electron chi connectivity index (χ3n) is 4.76. The van der Waals surface area contributed by atoms with Gasteiger partial charge in [0.15, 0.2) is 5.65 Å². The van der Waals surface area contributed by atoms with Crippen LogP contribution in [-0.4, -0.2) is 56.5 Å². The van der Waals surface area contributed by atoms with Crippen LogP contribution < -0.4 is 4.90 Å². The summed E-state index contributed by atoms with van der Waals surface area (Å²) in [6.07, 6.45) is 3.41. The molecule has 4 rings (SSSR count). The number of pyridine rings is 2. The predicted molar refractivity (Wildman–Crippen MR) is 101 cm³/mol. The molecule has 1 amide bonds. The van der Waals surface area contributed by atoms with E-state index in [-0.39, 0.29) is 5.91 Å². The van der Waals surface area contributed by atoms with Crippen molar-refractivity contribution < 1.29 is 4.79 Å². The van der Waals surface area contributed by atoms with Crippen LogP contribution in [0.3, 0.4) is 0 Å². The molecule has 3 aromatic rings. The molecule has 3 aromatic heterocycles. The zero-order valence-electron chi connectivity index (χ0n) is 14.7. The topological polar surface area (TPSA) is 67.2 Å². The van der Waals surface area contributed by atoms with Gasteiger partial charge in [0.2, 0.25) is 5.91 Å². The molecular weight excluding hydrogens is 352 g/mol. The zero-order chi connectivity index (χ0) is 18.3.